The predicted octanol–water partition coefficient (Wildman–Crippen LogP) is 1.63. The highest BCUT2D eigenvalue weighted by Gasteiger charge is 2.05. The van der Waals surface area contributed by atoms with E-state index in [2.05, 4.69) is 9.97 Å². The van der Waals surface area contributed by atoms with Gasteiger partial charge in [0.25, 0.3) is 0 Å². The Labute approximate surface area is 88.2 Å². The van der Waals surface area contributed by atoms with Crippen LogP contribution in [0.5, 0.6) is 0 Å². The van der Waals surface area contributed by atoms with Gasteiger partial charge in [0.15, 0.2) is 0 Å². The van der Waals surface area contributed by atoms with Crippen LogP contribution in [0.2, 0.25) is 0 Å². The van der Waals surface area contributed by atoms with Crippen LogP contribution in [0.4, 0.5) is 0 Å². The number of rotatable bonds is 4. The Kier molecular flexibility index (Phi) is 3.09. The summed E-state index contributed by atoms with van der Waals surface area (Å²) in [5, 5.41) is 0. The summed E-state index contributed by atoms with van der Waals surface area (Å²) in [5.74, 6) is 0.643. The Morgan fingerprint density at radius 1 is 1.27 bits per heavy atom. The third-order valence-electron chi connectivity index (χ3n) is 2.12. The summed E-state index contributed by atoms with van der Waals surface area (Å²) in [7, 11) is 0. The van der Waals surface area contributed by atoms with Crippen molar-refractivity contribution in [3.05, 3.63) is 36.5 Å². The third-order valence-corrected chi connectivity index (χ3v) is 2.12. The zero-order chi connectivity index (χ0) is 10.5. The van der Waals surface area contributed by atoms with E-state index in [4.69, 9.17) is 10.2 Å². The second-order valence-electron chi connectivity index (χ2n) is 3.27. The van der Waals surface area contributed by atoms with Crippen molar-refractivity contribution in [2.75, 3.05) is 6.54 Å². The molecule has 0 radical (unpaired) electrons. The molecule has 4 heteroatoms. The molecule has 2 aromatic heterocycles. The fourth-order valence-electron chi connectivity index (χ4n) is 1.33. The summed E-state index contributed by atoms with van der Waals surface area (Å²) in [6.07, 6.45) is 6.93. The average molecular weight is 203 g/mol. The first-order valence-corrected chi connectivity index (χ1v) is 4.95. The van der Waals surface area contributed by atoms with E-state index in [1.165, 1.54) is 0 Å². The van der Waals surface area contributed by atoms with Gasteiger partial charge in [0.05, 0.1) is 5.69 Å². The quantitative estimate of drug-likeness (QED) is 0.820. The van der Waals surface area contributed by atoms with Crippen molar-refractivity contribution >= 4 is 0 Å². The minimum atomic E-state index is 0.643. The van der Waals surface area contributed by atoms with Crippen LogP contribution in [0.1, 0.15) is 12.1 Å². The highest BCUT2D eigenvalue weighted by atomic mass is 16.3. The molecule has 0 amide bonds. The molecule has 2 heterocycles. The molecule has 4 nitrogen and oxygen atoms in total. The molecule has 0 spiro atoms. The maximum atomic E-state index is 5.43. The molecular formula is C11H13N3O. The van der Waals surface area contributed by atoms with Crippen molar-refractivity contribution in [3.63, 3.8) is 0 Å². The number of nitrogens with two attached hydrogens (primary N) is 1. The SMILES string of the molecule is NCCCc1coc(-c2ccncc2)n1. The molecule has 0 aliphatic heterocycles. The van der Waals surface area contributed by atoms with Gasteiger partial charge in [-0.1, -0.05) is 0 Å². The van der Waals surface area contributed by atoms with Gasteiger partial charge in [0.1, 0.15) is 6.26 Å². The van der Waals surface area contributed by atoms with E-state index in [-0.39, 0.29) is 0 Å². The van der Waals surface area contributed by atoms with Gasteiger partial charge in [0, 0.05) is 18.0 Å². The Morgan fingerprint density at radius 3 is 2.80 bits per heavy atom. The van der Waals surface area contributed by atoms with Gasteiger partial charge in [-0.2, -0.15) is 0 Å². The molecule has 15 heavy (non-hydrogen) atoms. The summed E-state index contributed by atoms with van der Waals surface area (Å²) in [6.45, 7) is 0.678. The molecule has 0 aliphatic carbocycles. The van der Waals surface area contributed by atoms with Crippen LogP contribution >= 0.6 is 0 Å². The summed E-state index contributed by atoms with van der Waals surface area (Å²) >= 11 is 0. The number of hydrogen-bond acceptors (Lipinski definition) is 4. The van der Waals surface area contributed by atoms with Gasteiger partial charge in [-0.25, -0.2) is 4.98 Å². The molecule has 0 unspecified atom stereocenters. The van der Waals surface area contributed by atoms with Gasteiger partial charge in [-0.15, -0.1) is 0 Å². The topological polar surface area (TPSA) is 64.9 Å². The van der Waals surface area contributed by atoms with E-state index >= 15 is 0 Å². The van der Waals surface area contributed by atoms with Crippen LogP contribution < -0.4 is 5.73 Å². The number of aryl methyl sites for hydroxylation is 1. The van der Waals surface area contributed by atoms with Crippen molar-refractivity contribution in [1.29, 1.82) is 0 Å². The molecule has 0 aliphatic rings. The molecule has 2 aromatic rings. The van der Waals surface area contributed by atoms with Crippen molar-refractivity contribution in [2.24, 2.45) is 5.73 Å². The molecule has 0 bridgehead atoms. The van der Waals surface area contributed by atoms with E-state index in [9.17, 15) is 0 Å². The van der Waals surface area contributed by atoms with E-state index in [0.717, 1.165) is 24.1 Å². The van der Waals surface area contributed by atoms with E-state index in [0.29, 0.717) is 12.4 Å². The minimum absolute atomic E-state index is 0.643. The number of nitrogens with zero attached hydrogens (tertiary/aromatic N) is 2. The number of pyridine rings is 1. The molecule has 0 fully saturated rings. The lowest BCUT2D eigenvalue weighted by Gasteiger charge is -1.92. The highest BCUT2D eigenvalue weighted by Crippen LogP contribution is 2.17. The molecule has 0 aromatic carbocycles. The van der Waals surface area contributed by atoms with Crippen LogP contribution in [-0.2, 0) is 6.42 Å². The first-order chi connectivity index (χ1) is 7.40. The van der Waals surface area contributed by atoms with Crippen LogP contribution in [0.15, 0.2) is 35.2 Å². The van der Waals surface area contributed by atoms with Crippen LogP contribution in [0.3, 0.4) is 0 Å². The van der Waals surface area contributed by atoms with Crippen molar-refractivity contribution < 1.29 is 4.42 Å². The van der Waals surface area contributed by atoms with Crippen LogP contribution in [0, 0.1) is 0 Å². The van der Waals surface area contributed by atoms with Gasteiger partial charge in [-0.05, 0) is 31.5 Å². The first-order valence-electron chi connectivity index (χ1n) is 4.95. The molecule has 2 N–H and O–H groups in total. The summed E-state index contributed by atoms with van der Waals surface area (Å²) < 4.78 is 5.37. The summed E-state index contributed by atoms with van der Waals surface area (Å²) in [4.78, 5) is 8.31. The van der Waals surface area contributed by atoms with Crippen LogP contribution in [0.25, 0.3) is 11.5 Å². The second kappa shape index (κ2) is 4.70. The normalized spacial score (nSPS) is 10.5. The molecule has 2 rings (SSSR count). The standard InChI is InChI=1S/C11H13N3O/c12-5-1-2-10-8-15-11(14-10)9-3-6-13-7-4-9/h3-4,6-8H,1-2,5,12H2. The van der Waals surface area contributed by atoms with Gasteiger partial charge < -0.3 is 10.2 Å². The molecule has 0 saturated heterocycles. The maximum Gasteiger partial charge on any atom is 0.226 e. The zero-order valence-corrected chi connectivity index (χ0v) is 8.39. The second-order valence-corrected chi connectivity index (χ2v) is 3.27. The largest absolute Gasteiger partial charge is 0.444 e. The Balaban J connectivity index is 2.14. The number of oxazole rings is 1. The van der Waals surface area contributed by atoms with Gasteiger partial charge in [0.2, 0.25) is 5.89 Å². The van der Waals surface area contributed by atoms with E-state index in [1.54, 1.807) is 18.7 Å². The lowest BCUT2D eigenvalue weighted by Crippen LogP contribution is -2.00. The fourth-order valence-corrected chi connectivity index (χ4v) is 1.33. The highest BCUT2D eigenvalue weighted by molar-refractivity contribution is 5.51. The lowest BCUT2D eigenvalue weighted by molar-refractivity contribution is 0.572. The smallest absolute Gasteiger partial charge is 0.226 e. The monoisotopic (exact) mass is 203 g/mol. The van der Waals surface area contributed by atoms with Gasteiger partial charge in [-0.3, -0.25) is 4.98 Å². The summed E-state index contributed by atoms with van der Waals surface area (Å²) in [5.41, 5.74) is 7.33. The zero-order valence-electron chi connectivity index (χ0n) is 8.39. The molecular weight excluding hydrogens is 190 g/mol. The average Bonchev–Trinajstić information content (AvgIpc) is 2.76. The van der Waals surface area contributed by atoms with Crippen molar-refractivity contribution in [3.8, 4) is 11.5 Å². The Morgan fingerprint density at radius 2 is 2.07 bits per heavy atom. The Hall–Kier alpha value is -1.68. The van der Waals surface area contributed by atoms with Gasteiger partial charge >= 0.3 is 0 Å². The first kappa shape index (κ1) is 9.86. The molecule has 0 atom stereocenters. The van der Waals surface area contributed by atoms with E-state index < -0.39 is 0 Å². The lowest BCUT2D eigenvalue weighted by atomic mass is 10.2. The van der Waals surface area contributed by atoms with E-state index in [1.807, 2.05) is 12.1 Å². The van der Waals surface area contributed by atoms with Crippen molar-refractivity contribution in [2.45, 2.75) is 12.8 Å². The maximum absolute atomic E-state index is 5.43. The van der Waals surface area contributed by atoms with Crippen LogP contribution in [-0.4, -0.2) is 16.5 Å². The number of aromatic nitrogens is 2. The third kappa shape index (κ3) is 2.41. The molecule has 78 valence electrons. The minimum Gasteiger partial charge on any atom is -0.444 e. The molecule has 0 saturated carbocycles. The Bertz CT molecular complexity index is 411. The fraction of sp³-hybridized carbons (Fsp3) is 0.273. The predicted molar refractivity (Wildman–Crippen MR) is 57.1 cm³/mol. The number of hydrogen-bond donors (Lipinski definition) is 1. The summed E-state index contributed by atoms with van der Waals surface area (Å²) in [6, 6.07) is 3.75. The van der Waals surface area contributed by atoms with Crippen molar-refractivity contribution in [1.82, 2.24) is 9.97 Å².